The number of amides is 3. The molecule has 0 N–H and O–H groups in total. The number of carbonyl (C=O) groups is 3. The molecule has 0 saturated carbocycles. The van der Waals surface area contributed by atoms with Gasteiger partial charge in [0.05, 0.1) is 17.2 Å². The molecule has 0 unspecified atom stereocenters. The Morgan fingerprint density at radius 2 is 1.41 bits per heavy atom. The molecule has 1 aliphatic rings. The van der Waals surface area contributed by atoms with Crippen LogP contribution in [0.3, 0.4) is 0 Å². The molecular weight excluding hydrogens is 368 g/mol. The Labute approximate surface area is 171 Å². The average Bonchev–Trinajstić information content (AvgIpc) is 2.99. The Hall–Kier alpha value is -3.15. The Morgan fingerprint density at radius 3 is 1.93 bits per heavy atom. The van der Waals surface area contributed by atoms with Gasteiger partial charge in [-0.3, -0.25) is 9.59 Å². The average molecular weight is 394 g/mol. The van der Waals surface area contributed by atoms with E-state index >= 15 is 0 Å². The van der Waals surface area contributed by atoms with E-state index in [1.165, 1.54) is 5.01 Å². The number of hydrogen-bond acceptors (Lipinski definition) is 4. The highest BCUT2D eigenvalue weighted by atomic mass is 16.6. The summed E-state index contributed by atoms with van der Waals surface area (Å²) in [6.45, 7) is 4.10. The molecule has 0 aromatic heterocycles. The predicted octanol–water partition coefficient (Wildman–Crippen LogP) is 4.81. The normalized spacial score (nSPS) is 13.0. The van der Waals surface area contributed by atoms with Crippen LogP contribution < -0.4 is 0 Å². The van der Waals surface area contributed by atoms with Crippen molar-refractivity contribution in [2.24, 2.45) is 0 Å². The molecule has 152 valence electrons. The van der Waals surface area contributed by atoms with Crippen LogP contribution >= 0.6 is 0 Å². The van der Waals surface area contributed by atoms with Gasteiger partial charge in [0, 0.05) is 0 Å². The second-order valence-electron chi connectivity index (χ2n) is 7.08. The van der Waals surface area contributed by atoms with Crippen molar-refractivity contribution in [2.45, 2.75) is 52.2 Å². The fourth-order valence-corrected chi connectivity index (χ4v) is 3.61. The molecule has 3 rings (SSSR count). The summed E-state index contributed by atoms with van der Waals surface area (Å²) in [5.74, 6) is -0.973. The van der Waals surface area contributed by atoms with E-state index in [1.807, 2.05) is 44.2 Å². The molecule has 0 radical (unpaired) electrons. The number of imide groups is 1. The lowest BCUT2D eigenvalue weighted by atomic mass is 10.1. The summed E-state index contributed by atoms with van der Waals surface area (Å²) >= 11 is 0. The van der Waals surface area contributed by atoms with Gasteiger partial charge in [-0.2, -0.15) is 5.01 Å². The van der Waals surface area contributed by atoms with Crippen LogP contribution in [0.2, 0.25) is 0 Å². The molecule has 0 aliphatic carbocycles. The lowest BCUT2D eigenvalue weighted by molar-refractivity contribution is -0.0261. The molecule has 0 saturated heterocycles. The molecule has 1 heterocycles. The number of carbonyl (C=O) groups excluding carboxylic acids is 3. The van der Waals surface area contributed by atoms with Gasteiger partial charge in [0.15, 0.2) is 0 Å². The van der Waals surface area contributed by atoms with E-state index in [1.54, 1.807) is 24.3 Å². The molecule has 6 nitrogen and oxygen atoms in total. The summed E-state index contributed by atoms with van der Waals surface area (Å²) < 4.78 is 5.51. The van der Waals surface area contributed by atoms with Crippen molar-refractivity contribution < 1.29 is 19.1 Å². The van der Waals surface area contributed by atoms with Crippen LogP contribution in [0.4, 0.5) is 4.79 Å². The third kappa shape index (κ3) is 4.31. The topological polar surface area (TPSA) is 66.9 Å². The van der Waals surface area contributed by atoms with Gasteiger partial charge in [0.25, 0.3) is 11.8 Å². The molecule has 0 fully saturated rings. The number of fused-ring (bicyclic) bond motifs is 1. The number of hydrogen-bond donors (Lipinski definition) is 0. The van der Waals surface area contributed by atoms with Gasteiger partial charge in [-0.25, -0.2) is 9.80 Å². The number of ether oxygens (including phenoxy) is 1. The zero-order chi connectivity index (χ0) is 20.8. The highest BCUT2D eigenvalue weighted by molar-refractivity contribution is 6.21. The minimum atomic E-state index is -0.685. The van der Waals surface area contributed by atoms with Crippen molar-refractivity contribution in [2.75, 3.05) is 0 Å². The Morgan fingerprint density at radius 1 is 0.897 bits per heavy atom. The van der Waals surface area contributed by atoms with Crippen LogP contribution in [0.5, 0.6) is 0 Å². The van der Waals surface area contributed by atoms with E-state index in [9.17, 15) is 14.4 Å². The smallest absolute Gasteiger partial charge is 0.429 e. The first kappa shape index (κ1) is 20.6. The molecule has 0 bridgehead atoms. The van der Waals surface area contributed by atoms with E-state index in [-0.39, 0.29) is 12.6 Å². The summed E-state index contributed by atoms with van der Waals surface area (Å²) in [7, 11) is 0. The minimum absolute atomic E-state index is 0.0737. The molecule has 3 amide bonds. The largest absolute Gasteiger partial charge is 0.443 e. The highest BCUT2D eigenvalue weighted by Gasteiger charge is 2.44. The van der Waals surface area contributed by atoms with E-state index in [0.717, 1.165) is 23.4 Å². The van der Waals surface area contributed by atoms with Crippen LogP contribution in [0, 0.1) is 0 Å². The third-order valence-electron chi connectivity index (χ3n) is 4.97. The van der Waals surface area contributed by atoms with Gasteiger partial charge in [-0.15, -0.1) is 0 Å². The third-order valence-corrected chi connectivity index (χ3v) is 4.97. The quantitative estimate of drug-likeness (QED) is 0.603. The fourth-order valence-electron chi connectivity index (χ4n) is 3.61. The maximum atomic E-state index is 13.1. The first-order valence-electron chi connectivity index (χ1n) is 10.1. The Bertz CT molecular complexity index is 840. The molecule has 2 aromatic carbocycles. The van der Waals surface area contributed by atoms with E-state index in [4.69, 9.17) is 4.74 Å². The van der Waals surface area contributed by atoms with Gasteiger partial charge in [-0.05, 0) is 30.5 Å². The van der Waals surface area contributed by atoms with Crippen LogP contribution in [-0.2, 0) is 11.3 Å². The van der Waals surface area contributed by atoms with Crippen molar-refractivity contribution in [1.29, 1.82) is 0 Å². The second kappa shape index (κ2) is 9.37. The fraction of sp³-hybridized carbons (Fsp3) is 0.348. The summed E-state index contributed by atoms with van der Waals surface area (Å²) in [5.41, 5.74) is 1.46. The lowest BCUT2D eigenvalue weighted by Crippen LogP contribution is -2.54. The summed E-state index contributed by atoms with van der Waals surface area (Å²) in [4.78, 5) is 39.1. The van der Waals surface area contributed by atoms with Crippen molar-refractivity contribution in [3.05, 3.63) is 71.3 Å². The van der Waals surface area contributed by atoms with Crippen molar-refractivity contribution in [1.82, 2.24) is 10.0 Å². The molecule has 2 aromatic rings. The van der Waals surface area contributed by atoms with E-state index < -0.39 is 17.9 Å². The van der Waals surface area contributed by atoms with Crippen molar-refractivity contribution >= 4 is 17.9 Å². The number of hydrazine groups is 1. The van der Waals surface area contributed by atoms with E-state index in [0.29, 0.717) is 24.0 Å². The summed E-state index contributed by atoms with van der Waals surface area (Å²) in [6.07, 6.45) is 2.28. The maximum Gasteiger partial charge on any atom is 0.429 e. The second-order valence-corrected chi connectivity index (χ2v) is 7.08. The SMILES string of the molecule is CCCC(CCC)N(C(=O)OCc1ccccc1)N1C(=O)c2ccccc2C1=O. The van der Waals surface area contributed by atoms with Crippen molar-refractivity contribution in [3.8, 4) is 0 Å². The van der Waals surface area contributed by atoms with Gasteiger partial charge in [0.2, 0.25) is 0 Å². The summed E-state index contributed by atoms with van der Waals surface area (Å²) in [6, 6.07) is 15.7. The van der Waals surface area contributed by atoms with E-state index in [2.05, 4.69) is 0 Å². The van der Waals surface area contributed by atoms with Gasteiger partial charge in [0.1, 0.15) is 6.61 Å². The molecule has 6 heteroatoms. The number of benzene rings is 2. The van der Waals surface area contributed by atoms with Crippen LogP contribution in [-0.4, -0.2) is 34.0 Å². The van der Waals surface area contributed by atoms with Crippen molar-refractivity contribution in [3.63, 3.8) is 0 Å². The molecule has 29 heavy (non-hydrogen) atoms. The van der Waals surface area contributed by atoms with Crippen LogP contribution in [0.25, 0.3) is 0 Å². The van der Waals surface area contributed by atoms with Crippen LogP contribution in [0.1, 0.15) is 65.8 Å². The Balaban J connectivity index is 1.90. The number of rotatable bonds is 8. The standard InChI is InChI=1S/C23H26N2O4/c1-3-10-18(11-4-2)24(23(28)29-16-17-12-6-5-7-13-17)25-21(26)19-14-8-9-15-20(19)22(25)27/h5-9,12-15,18H,3-4,10-11,16H2,1-2H3. The predicted molar refractivity (Wildman–Crippen MR) is 109 cm³/mol. The van der Waals surface area contributed by atoms with Gasteiger partial charge in [-0.1, -0.05) is 69.2 Å². The zero-order valence-electron chi connectivity index (χ0n) is 16.8. The maximum absolute atomic E-state index is 13.1. The lowest BCUT2D eigenvalue weighted by Gasteiger charge is -2.35. The Kier molecular flexibility index (Phi) is 6.65. The first-order valence-corrected chi connectivity index (χ1v) is 10.1. The molecule has 0 spiro atoms. The summed E-state index contributed by atoms with van der Waals surface area (Å²) in [5, 5.41) is 2.20. The molecular formula is C23H26N2O4. The minimum Gasteiger partial charge on any atom is -0.443 e. The number of nitrogens with zero attached hydrogens (tertiary/aromatic N) is 2. The first-order chi connectivity index (χ1) is 14.1. The zero-order valence-corrected chi connectivity index (χ0v) is 16.8. The monoisotopic (exact) mass is 394 g/mol. The van der Waals surface area contributed by atoms with Gasteiger partial charge < -0.3 is 4.74 Å². The molecule has 1 aliphatic heterocycles. The van der Waals surface area contributed by atoms with Crippen LogP contribution in [0.15, 0.2) is 54.6 Å². The van der Waals surface area contributed by atoms with Gasteiger partial charge >= 0.3 is 6.09 Å². The molecule has 0 atom stereocenters. The highest BCUT2D eigenvalue weighted by Crippen LogP contribution is 2.28.